The first kappa shape index (κ1) is 14.3. The van der Waals surface area contributed by atoms with E-state index >= 15 is 0 Å². The zero-order chi connectivity index (χ0) is 10.4. The Morgan fingerprint density at radius 3 is 2.47 bits per heavy atom. The largest absolute Gasteiger partial charge is 0.385 e. The average molecular weight is 229 g/mol. The molecule has 0 saturated heterocycles. The number of anilines is 1. The lowest BCUT2D eigenvalue weighted by Crippen LogP contribution is -2.16. The molecule has 0 unspecified atom stereocenters. The van der Waals surface area contributed by atoms with Crippen LogP contribution in [0.2, 0.25) is 0 Å². The highest BCUT2D eigenvalue weighted by molar-refractivity contribution is 5.85. The van der Waals surface area contributed by atoms with Gasteiger partial charge >= 0.3 is 0 Å². The smallest absolute Gasteiger partial charge is 0.0369 e. The van der Waals surface area contributed by atoms with Gasteiger partial charge in [-0.3, -0.25) is 0 Å². The number of para-hydroxylation sites is 1. The number of aryl methyl sites for hydroxylation is 1. The molecule has 0 radical (unpaired) electrons. The molecule has 0 aliphatic carbocycles. The number of benzene rings is 1. The summed E-state index contributed by atoms with van der Waals surface area (Å²) in [5, 5.41) is 3.44. The molecular formula is C12H21ClN2. The first-order valence-corrected chi connectivity index (χ1v) is 5.14. The molecule has 0 amide bonds. The first-order valence-electron chi connectivity index (χ1n) is 5.14. The van der Waals surface area contributed by atoms with Crippen molar-refractivity contribution in [2.45, 2.75) is 13.3 Å². The summed E-state index contributed by atoms with van der Waals surface area (Å²) in [7, 11) is 4.21. The molecule has 86 valence electrons. The van der Waals surface area contributed by atoms with Gasteiger partial charge in [0.05, 0.1) is 0 Å². The van der Waals surface area contributed by atoms with Crippen molar-refractivity contribution in [3.63, 3.8) is 0 Å². The van der Waals surface area contributed by atoms with Gasteiger partial charge in [-0.05, 0) is 45.6 Å². The second-order valence-electron chi connectivity index (χ2n) is 3.90. The van der Waals surface area contributed by atoms with E-state index < -0.39 is 0 Å². The Morgan fingerprint density at radius 1 is 1.20 bits per heavy atom. The minimum atomic E-state index is 0. The molecule has 1 aromatic carbocycles. The van der Waals surface area contributed by atoms with Gasteiger partial charge in [0.15, 0.2) is 0 Å². The summed E-state index contributed by atoms with van der Waals surface area (Å²) in [5.74, 6) is 0. The molecule has 0 atom stereocenters. The zero-order valence-corrected chi connectivity index (χ0v) is 10.6. The number of nitrogens with one attached hydrogen (secondary N) is 1. The molecule has 0 heterocycles. The van der Waals surface area contributed by atoms with Crippen LogP contribution in [0.15, 0.2) is 24.3 Å². The lowest BCUT2D eigenvalue weighted by atomic mass is 10.2. The maximum atomic E-state index is 3.44. The van der Waals surface area contributed by atoms with E-state index in [1.54, 1.807) is 0 Å². The Bertz CT molecular complexity index is 274. The summed E-state index contributed by atoms with van der Waals surface area (Å²) >= 11 is 0. The number of rotatable bonds is 5. The highest BCUT2D eigenvalue weighted by atomic mass is 35.5. The number of nitrogens with zero attached hydrogens (tertiary/aromatic N) is 1. The highest BCUT2D eigenvalue weighted by Crippen LogP contribution is 2.12. The Labute approximate surface area is 99.1 Å². The lowest BCUT2D eigenvalue weighted by molar-refractivity contribution is 0.405. The number of hydrogen-bond donors (Lipinski definition) is 1. The summed E-state index contributed by atoms with van der Waals surface area (Å²) in [6.45, 7) is 4.32. The Kier molecular flexibility index (Phi) is 7.18. The Balaban J connectivity index is 0.00000196. The molecule has 15 heavy (non-hydrogen) atoms. The molecule has 0 spiro atoms. The van der Waals surface area contributed by atoms with Crippen molar-refractivity contribution in [3.05, 3.63) is 29.8 Å². The van der Waals surface area contributed by atoms with E-state index in [2.05, 4.69) is 55.5 Å². The molecule has 0 aromatic heterocycles. The third-order valence-corrected chi connectivity index (χ3v) is 2.24. The standard InChI is InChI=1S/C12H20N2.ClH/c1-11-7-4-5-8-12(11)13-9-6-10-14(2)3;/h4-5,7-8,13H,6,9-10H2,1-3H3;1H. The van der Waals surface area contributed by atoms with Crippen LogP contribution in [-0.4, -0.2) is 32.1 Å². The van der Waals surface area contributed by atoms with Gasteiger partial charge in [0.25, 0.3) is 0 Å². The maximum Gasteiger partial charge on any atom is 0.0369 e. The molecule has 0 saturated carbocycles. The van der Waals surface area contributed by atoms with E-state index in [4.69, 9.17) is 0 Å². The van der Waals surface area contributed by atoms with Crippen molar-refractivity contribution in [3.8, 4) is 0 Å². The van der Waals surface area contributed by atoms with E-state index in [0.29, 0.717) is 0 Å². The summed E-state index contributed by atoms with van der Waals surface area (Å²) in [5.41, 5.74) is 2.57. The predicted molar refractivity (Wildman–Crippen MR) is 70.1 cm³/mol. The van der Waals surface area contributed by atoms with Gasteiger partial charge in [0, 0.05) is 12.2 Å². The summed E-state index contributed by atoms with van der Waals surface area (Å²) < 4.78 is 0. The summed E-state index contributed by atoms with van der Waals surface area (Å²) in [6, 6.07) is 8.40. The summed E-state index contributed by atoms with van der Waals surface area (Å²) in [4.78, 5) is 2.21. The molecule has 1 aromatic rings. The predicted octanol–water partition coefficient (Wildman–Crippen LogP) is 2.78. The number of hydrogen-bond acceptors (Lipinski definition) is 2. The third kappa shape index (κ3) is 5.65. The SMILES string of the molecule is Cc1ccccc1NCCCN(C)C.Cl. The molecule has 1 rings (SSSR count). The first-order chi connectivity index (χ1) is 6.70. The monoisotopic (exact) mass is 228 g/mol. The van der Waals surface area contributed by atoms with Gasteiger partial charge in [-0.15, -0.1) is 12.4 Å². The Hall–Kier alpha value is -0.730. The van der Waals surface area contributed by atoms with Crippen LogP contribution >= 0.6 is 12.4 Å². The van der Waals surface area contributed by atoms with E-state index in [9.17, 15) is 0 Å². The Morgan fingerprint density at radius 2 is 1.87 bits per heavy atom. The van der Waals surface area contributed by atoms with Gasteiger partial charge in [0.1, 0.15) is 0 Å². The summed E-state index contributed by atoms with van der Waals surface area (Å²) in [6.07, 6.45) is 1.18. The normalized spacial score (nSPS) is 9.87. The van der Waals surface area contributed by atoms with Crippen LogP contribution in [0.1, 0.15) is 12.0 Å². The fraction of sp³-hybridized carbons (Fsp3) is 0.500. The highest BCUT2D eigenvalue weighted by Gasteiger charge is 1.95. The fourth-order valence-corrected chi connectivity index (χ4v) is 1.39. The van der Waals surface area contributed by atoms with Crippen LogP contribution in [0.25, 0.3) is 0 Å². The van der Waals surface area contributed by atoms with E-state index in [0.717, 1.165) is 13.1 Å². The number of halogens is 1. The second kappa shape index (κ2) is 7.55. The molecule has 0 aliphatic rings. The third-order valence-electron chi connectivity index (χ3n) is 2.24. The van der Waals surface area contributed by atoms with Crippen LogP contribution < -0.4 is 5.32 Å². The van der Waals surface area contributed by atoms with Crippen LogP contribution in [0.4, 0.5) is 5.69 Å². The topological polar surface area (TPSA) is 15.3 Å². The second-order valence-corrected chi connectivity index (χ2v) is 3.90. The molecule has 0 bridgehead atoms. The molecule has 1 N–H and O–H groups in total. The lowest BCUT2D eigenvalue weighted by Gasteiger charge is -2.11. The van der Waals surface area contributed by atoms with Crippen molar-refractivity contribution in [1.82, 2.24) is 4.90 Å². The van der Waals surface area contributed by atoms with Gasteiger partial charge in [0.2, 0.25) is 0 Å². The van der Waals surface area contributed by atoms with Crippen LogP contribution in [0, 0.1) is 6.92 Å². The van der Waals surface area contributed by atoms with Crippen molar-refractivity contribution in [1.29, 1.82) is 0 Å². The van der Waals surface area contributed by atoms with Crippen molar-refractivity contribution in [2.24, 2.45) is 0 Å². The maximum absolute atomic E-state index is 3.44. The van der Waals surface area contributed by atoms with E-state index in [-0.39, 0.29) is 12.4 Å². The van der Waals surface area contributed by atoms with Crippen LogP contribution in [-0.2, 0) is 0 Å². The van der Waals surface area contributed by atoms with Crippen molar-refractivity contribution in [2.75, 3.05) is 32.5 Å². The molecular weight excluding hydrogens is 208 g/mol. The molecule has 3 heteroatoms. The van der Waals surface area contributed by atoms with Gasteiger partial charge < -0.3 is 10.2 Å². The molecule has 0 aliphatic heterocycles. The van der Waals surface area contributed by atoms with Gasteiger partial charge in [-0.25, -0.2) is 0 Å². The average Bonchev–Trinajstić information content (AvgIpc) is 2.15. The van der Waals surface area contributed by atoms with Crippen molar-refractivity contribution >= 4 is 18.1 Å². The quantitative estimate of drug-likeness (QED) is 0.780. The van der Waals surface area contributed by atoms with Crippen molar-refractivity contribution < 1.29 is 0 Å². The minimum Gasteiger partial charge on any atom is -0.385 e. The molecule has 0 fully saturated rings. The fourth-order valence-electron chi connectivity index (χ4n) is 1.39. The molecule has 2 nitrogen and oxygen atoms in total. The van der Waals surface area contributed by atoms with Crippen LogP contribution in [0.3, 0.4) is 0 Å². The van der Waals surface area contributed by atoms with E-state index in [1.165, 1.54) is 17.7 Å². The zero-order valence-electron chi connectivity index (χ0n) is 9.79. The van der Waals surface area contributed by atoms with Gasteiger partial charge in [-0.2, -0.15) is 0 Å². The minimum absolute atomic E-state index is 0. The van der Waals surface area contributed by atoms with Gasteiger partial charge in [-0.1, -0.05) is 18.2 Å². The van der Waals surface area contributed by atoms with E-state index in [1.807, 2.05) is 0 Å². The van der Waals surface area contributed by atoms with Crippen LogP contribution in [0.5, 0.6) is 0 Å².